The summed E-state index contributed by atoms with van der Waals surface area (Å²) in [6.45, 7) is 0.0695. The van der Waals surface area contributed by atoms with Gasteiger partial charge in [-0.3, -0.25) is 0 Å². The molecule has 2 atom stereocenters. The van der Waals surface area contributed by atoms with Crippen LogP contribution in [0.15, 0.2) is 48.5 Å². The smallest absolute Gasteiger partial charge is 0.132 e. The Bertz CT molecular complexity index is 753. The first-order valence-electron chi connectivity index (χ1n) is 7.56. The van der Waals surface area contributed by atoms with E-state index in [1.54, 1.807) is 6.07 Å². The third-order valence-corrected chi connectivity index (χ3v) is 4.68. The minimum Gasteiger partial charge on any atom is -0.483 e. The molecule has 1 heterocycles. The average Bonchev–Trinajstić information content (AvgIpc) is 2.55. The molecule has 0 fully saturated rings. The molecular formula is C19H17FO2. The van der Waals surface area contributed by atoms with Crippen LogP contribution in [0.3, 0.4) is 0 Å². The van der Waals surface area contributed by atoms with E-state index in [-0.39, 0.29) is 18.3 Å². The first-order valence-corrected chi connectivity index (χ1v) is 7.56. The van der Waals surface area contributed by atoms with Gasteiger partial charge in [0, 0.05) is 18.8 Å². The number of aliphatic hydroxyl groups excluding tert-OH is 1. The lowest BCUT2D eigenvalue weighted by Crippen LogP contribution is -2.43. The first-order chi connectivity index (χ1) is 10.7. The quantitative estimate of drug-likeness (QED) is 0.869. The molecule has 2 nitrogen and oxygen atoms in total. The van der Waals surface area contributed by atoms with Crippen LogP contribution in [0, 0.1) is 5.82 Å². The third-order valence-electron chi connectivity index (χ3n) is 4.68. The first kappa shape index (κ1) is 13.5. The molecule has 0 bridgehead atoms. The summed E-state index contributed by atoms with van der Waals surface area (Å²) in [5.74, 6) is 0.615. The summed E-state index contributed by atoms with van der Waals surface area (Å²) in [5.41, 5.74) is 2.06. The van der Waals surface area contributed by atoms with Crippen molar-refractivity contribution in [3.63, 3.8) is 0 Å². The Kier molecular flexibility index (Phi) is 3.05. The van der Waals surface area contributed by atoms with Crippen LogP contribution in [0.4, 0.5) is 4.39 Å². The van der Waals surface area contributed by atoms with Gasteiger partial charge in [0.05, 0.1) is 6.61 Å². The van der Waals surface area contributed by atoms with E-state index in [1.165, 1.54) is 6.07 Å². The third kappa shape index (κ3) is 2.04. The second-order valence-corrected chi connectivity index (χ2v) is 6.11. The van der Waals surface area contributed by atoms with E-state index in [2.05, 4.69) is 0 Å². The number of fused-ring (bicyclic) bond motifs is 2. The van der Waals surface area contributed by atoms with E-state index in [0.717, 1.165) is 16.9 Å². The second-order valence-electron chi connectivity index (χ2n) is 6.11. The molecule has 1 aliphatic heterocycles. The zero-order chi connectivity index (χ0) is 15.2. The van der Waals surface area contributed by atoms with Crippen LogP contribution in [-0.2, 0) is 6.42 Å². The van der Waals surface area contributed by atoms with Gasteiger partial charge in [-0.2, -0.15) is 0 Å². The van der Waals surface area contributed by atoms with Gasteiger partial charge >= 0.3 is 0 Å². The Morgan fingerprint density at radius 3 is 2.91 bits per heavy atom. The van der Waals surface area contributed by atoms with Crippen molar-refractivity contribution in [2.45, 2.75) is 24.4 Å². The van der Waals surface area contributed by atoms with Gasteiger partial charge < -0.3 is 9.84 Å². The highest BCUT2D eigenvalue weighted by atomic mass is 19.1. The van der Waals surface area contributed by atoms with Crippen molar-refractivity contribution in [3.05, 3.63) is 71.0 Å². The minimum atomic E-state index is -0.572. The van der Waals surface area contributed by atoms with Crippen molar-refractivity contribution < 1.29 is 14.2 Å². The molecule has 112 valence electrons. The number of aliphatic hydroxyl groups is 1. The number of rotatable bonds is 1. The van der Waals surface area contributed by atoms with Crippen LogP contribution in [0.2, 0.25) is 0 Å². The predicted octanol–water partition coefficient (Wildman–Crippen LogP) is 3.69. The Balaban J connectivity index is 1.77. The van der Waals surface area contributed by atoms with Gasteiger partial charge in [0.15, 0.2) is 0 Å². The maximum absolute atomic E-state index is 14.1. The highest BCUT2D eigenvalue weighted by Crippen LogP contribution is 2.45. The number of halogens is 1. The fourth-order valence-electron chi connectivity index (χ4n) is 3.59. The Morgan fingerprint density at radius 2 is 2.05 bits per heavy atom. The molecule has 0 aromatic heterocycles. The van der Waals surface area contributed by atoms with Crippen LogP contribution in [-0.4, -0.2) is 17.3 Å². The summed E-state index contributed by atoms with van der Waals surface area (Å²) < 4.78 is 20.4. The van der Waals surface area contributed by atoms with Crippen LogP contribution >= 0.6 is 0 Å². The monoisotopic (exact) mass is 296 g/mol. The molecule has 0 saturated carbocycles. The number of hydrogen-bond donors (Lipinski definition) is 1. The summed E-state index contributed by atoms with van der Waals surface area (Å²) in [5, 5.41) is 9.75. The molecule has 2 aliphatic rings. The molecular weight excluding hydrogens is 279 g/mol. The van der Waals surface area contributed by atoms with Crippen LogP contribution < -0.4 is 4.74 Å². The zero-order valence-electron chi connectivity index (χ0n) is 12.1. The topological polar surface area (TPSA) is 29.5 Å². The molecule has 2 aromatic rings. The second kappa shape index (κ2) is 4.96. The van der Waals surface area contributed by atoms with Crippen molar-refractivity contribution in [2.24, 2.45) is 0 Å². The van der Waals surface area contributed by atoms with Crippen molar-refractivity contribution in [3.8, 4) is 5.75 Å². The SMILES string of the molecule is OCC1CC2(C=Cc3cccc(F)c3C2)Oc2ccccc21. The maximum Gasteiger partial charge on any atom is 0.132 e. The van der Waals surface area contributed by atoms with Gasteiger partial charge in [-0.1, -0.05) is 36.4 Å². The summed E-state index contributed by atoms with van der Waals surface area (Å²) in [6.07, 6.45) is 5.11. The number of ether oxygens (including phenoxy) is 1. The minimum absolute atomic E-state index is 0.0166. The molecule has 0 saturated heterocycles. The molecule has 0 amide bonds. The van der Waals surface area contributed by atoms with Gasteiger partial charge in [0.25, 0.3) is 0 Å². The van der Waals surface area contributed by atoms with Crippen molar-refractivity contribution >= 4 is 6.08 Å². The summed E-state index contributed by atoms with van der Waals surface area (Å²) >= 11 is 0. The molecule has 1 N–H and O–H groups in total. The van der Waals surface area contributed by atoms with Crippen molar-refractivity contribution in [2.75, 3.05) is 6.61 Å². The summed E-state index contributed by atoms with van der Waals surface area (Å²) in [7, 11) is 0. The predicted molar refractivity (Wildman–Crippen MR) is 83.4 cm³/mol. The fraction of sp³-hybridized carbons (Fsp3) is 0.263. The lowest BCUT2D eigenvalue weighted by Gasteiger charge is -2.42. The van der Waals surface area contributed by atoms with Crippen LogP contribution in [0.25, 0.3) is 6.08 Å². The van der Waals surface area contributed by atoms with Gasteiger partial charge in [-0.05, 0) is 34.9 Å². The van der Waals surface area contributed by atoms with E-state index in [1.807, 2.05) is 42.5 Å². The number of hydrogen-bond acceptors (Lipinski definition) is 2. The molecule has 2 aromatic carbocycles. The van der Waals surface area contributed by atoms with Crippen LogP contribution in [0.1, 0.15) is 29.0 Å². The van der Waals surface area contributed by atoms with E-state index in [4.69, 9.17) is 4.74 Å². The molecule has 1 spiro atoms. The van der Waals surface area contributed by atoms with Gasteiger partial charge in [0.2, 0.25) is 0 Å². The van der Waals surface area contributed by atoms with Gasteiger partial charge in [0.1, 0.15) is 17.2 Å². The van der Waals surface area contributed by atoms with Crippen molar-refractivity contribution in [1.82, 2.24) is 0 Å². The van der Waals surface area contributed by atoms with Gasteiger partial charge in [-0.25, -0.2) is 4.39 Å². The average molecular weight is 296 g/mol. The Morgan fingerprint density at radius 1 is 1.18 bits per heavy atom. The lowest BCUT2D eigenvalue weighted by molar-refractivity contribution is 0.0675. The molecule has 1 aliphatic carbocycles. The maximum atomic E-state index is 14.1. The normalized spacial score (nSPS) is 25.5. The number of para-hydroxylation sites is 1. The highest BCUT2D eigenvalue weighted by molar-refractivity contribution is 5.60. The van der Waals surface area contributed by atoms with E-state index in [9.17, 15) is 9.50 Å². The van der Waals surface area contributed by atoms with E-state index in [0.29, 0.717) is 18.4 Å². The molecule has 2 unspecified atom stereocenters. The largest absolute Gasteiger partial charge is 0.483 e. The fourth-order valence-corrected chi connectivity index (χ4v) is 3.59. The van der Waals surface area contributed by atoms with E-state index < -0.39 is 5.60 Å². The zero-order valence-corrected chi connectivity index (χ0v) is 12.1. The molecule has 22 heavy (non-hydrogen) atoms. The number of benzene rings is 2. The summed E-state index contributed by atoms with van der Waals surface area (Å²) in [6, 6.07) is 12.9. The van der Waals surface area contributed by atoms with Crippen molar-refractivity contribution in [1.29, 1.82) is 0 Å². The lowest BCUT2D eigenvalue weighted by atomic mass is 9.76. The molecule has 3 heteroatoms. The highest BCUT2D eigenvalue weighted by Gasteiger charge is 2.41. The Labute approximate surface area is 128 Å². The van der Waals surface area contributed by atoms with Gasteiger partial charge in [-0.15, -0.1) is 0 Å². The van der Waals surface area contributed by atoms with E-state index >= 15 is 0 Å². The standard InChI is InChI=1S/C19H17FO2/c20-17-6-3-4-13-8-9-19(11-16(13)17)10-14(12-21)15-5-1-2-7-18(15)22-19/h1-9,14,21H,10-12H2. The Hall–Kier alpha value is -2.13. The summed E-state index contributed by atoms with van der Waals surface area (Å²) in [4.78, 5) is 0. The van der Waals surface area contributed by atoms with Crippen LogP contribution in [0.5, 0.6) is 5.75 Å². The molecule has 4 rings (SSSR count). The molecule has 0 radical (unpaired) electrons.